The summed E-state index contributed by atoms with van der Waals surface area (Å²) in [6.07, 6.45) is 0. The number of fused-ring (bicyclic) bond motifs is 1. The van der Waals surface area contributed by atoms with Gasteiger partial charge in [0, 0.05) is 11.9 Å². The lowest BCUT2D eigenvalue weighted by Crippen LogP contribution is -2.39. The summed E-state index contributed by atoms with van der Waals surface area (Å²) in [5.41, 5.74) is 1.76. The molecule has 0 aromatic heterocycles. The number of hydrogen-bond donors (Lipinski definition) is 1. The third-order valence-corrected chi connectivity index (χ3v) is 2.80. The molecule has 1 unspecified atom stereocenters. The number of aliphatic carboxylic acids is 1. The van der Waals surface area contributed by atoms with Crippen molar-refractivity contribution in [2.24, 2.45) is 0 Å². The Morgan fingerprint density at radius 2 is 2.00 bits per heavy atom. The number of benzene rings is 1. The SMILES string of the molecule is CC1(C(=O)O)OCc2ccc(Cl)cc2CO1. The molecule has 0 saturated heterocycles. The van der Waals surface area contributed by atoms with E-state index >= 15 is 0 Å². The van der Waals surface area contributed by atoms with Gasteiger partial charge in [0.1, 0.15) is 0 Å². The molecule has 0 aliphatic carbocycles. The molecular weight excluding hydrogens is 232 g/mol. The van der Waals surface area contributed by atoms with Gasteiger partial charge in [0.05, 0.1) is 13.2 Å². The topological polar surface area (TPSA) is 55.8 Å². The first-order chi connectivity index (χ1) is 7.51. The Kier molecular flexibility index (Phi) is 2.88. The minimum Gasteiger partial charge on any atom is -0.477 e. The van der Waals surface area contributed by atoms with Gasteiger partial charge in [-0.1, -0.05) is 17.7 Å². The monoisotopic (exact) mass is 242 g/mol. The lowest BCUT2D eigenvalue weighted by Gasteiger charge is -2.22. The highest BCUT2D eigenvalue weighted by molar-refractivity contribution is 6.30. The van der Waals surface area contributed by atoms with Crippen LogP contribution in [-0.2, 0) is 27.5 Å². The molecule has 16 heavy (non-hydrogen) atoms. The largest absolute Gasteiger partial charge is 0.477 e. The zero-order chi connectivity index (χ0) is 11.8. The molecule has 1 aliphatic rings. The summed E-state index contributed by atoms with van der Waals surface area (Å²) in [5.74, 6) is -2.72. The fourth-order valence-corrected chi connectivity index (χ4v) is 1.66. The van der Waals surface area contributed by atoms with Gasteiger partial charge in [-0.25, -0.2) is 4.79 Å². The molecule has 2 rings (SSSR count). The molecule has 4 nitrogen and oxygen atoms in total. The van der Waals surface area contributed by atoms with Crippen LogP contribution in [-0.4, -0.2) is 16.9 Å². The highest BCUT2D eigenvalue weighted by Gasteiger charge is 2.37. The summed E-state index contributed by atoms with van der Waals surface area (Å²) in [6.45, 7) is 1.77. The maximum Gasteiger partial charge on any atom is 0.364 e. The molecule has 1 atom stereocenters. The third kappa shape index (κ3) is 2.04. The number of halogens is 1. The van der Waals surface area contributed by atoms with Gasteiger partial charge in [0.2, 0.25) is 0 Å². The second-order valence-corrected chi connectivity index (χ2v) is 4.18. The minimum absolute atomic E-state index is 0.179. The summed E-state index contributed by atoms with van der Waals surface area (Å²) >= 11 is 5.85. The van der Waals surface area contributed by atoms with Crippen molar-refractivity contribution in [2.45, 2.75) is 25.9 Å². The van der Waals surface area contributed by atoms with E-state index < -0.39 is 11.8 Å². The van der Waals surface area contributed by atoms with Gasteiger partial charge in [-0.05, 0) is 23.3 Å². The zero-order valence-corrected chi connectivity index (χ0v) is 9.45. The molecule has 0 spiro atoms. The zero-order valence-electron chi connectivity index (χ0n) is 8.70. The molecule has 1 aromatic rings. The third-order valence-electron chi connectivity index (χ3n) is 2.56. The van der Waals surface area contributed by atoms with E-state index in [-0.39, 0.29) is 13.2 Å². The Bertz CT molecular complexity index is 432. The summed E-state index contributed by atoms with van der Waals surface area (Å²) in [7, 11) is 0. The van der Waals surface area contributed by atoms with Crippen molar-refractivity contribution in [2.75, 3.05) is 0 Å². The van der Waals surface area contributed by atoms with Crippen molar-refractivity contribution in [3.05, 3.63) is 34.3 Å². The van der Waals surface area contributed by atoms with Crippen molar-refractivity contribution in [3.63, 3.8) is 0 Å². The van der Waals surface area contributed by atoms with E-state index in [1.807, 2.05) is 6.07 Å². The quantitative estimate of drug-likeness (QED) is 0.820. The van der Waals surface area contributed by atoms with E-state index in [2.05, 4.69) is 0 Å². The van der Waals surface area contributed by atoms with Crippen molar-refractivity contribution in [1.29, 1.82) is 0 Å². The molecule has 0 saturated carbocycles. The molecule has 1 heterocycles. The van der Waals surface area contributed by atoms with E-state index in [0.29, 0.717) is 5.02 Å². The molecule has 0 amide bonds. The van der Waals surface area contributed by atoms with Crippen LogP contribution in [0.1, 0.15) is 18.1 Å². The molecule has 1 N–H and O–H groups in total. The molecule has 1 aliphatic heterocycles. The molecule has 0 bridgehead atoms. The fraction of sp³-hybridized carbons (Fsp3) is 0.364. The van der Waals surface area contributed by atoms with Crippen LogP contribution in [0.2, 0.25) is 5.02 Å². The van der Waals surface area contributed by atoms with Crippen LogP contribution in [0.4, 0.5) is 0 Å². The lowest BCUT2D eigenvalue weighted by atomic mass is 10.1. The number of carboxylic acid groups (broad SMARTS) is 1. The summed E-state index contributed by atoms with van der Waals surface area (Å²) in [5, 5.41) is 9.58. The van der Waals surface area contributed by atoms with Crippen LogP contribution >= 0.6 is 11.6 Å². The Hall–Kier alpha value is -1.10. The van der Waals surface area contributed by atoms with Gasteiger partial charge >= 0.3 is 5.97 Å². The van der Waals surface area contributed by atoms with Gasteiger partial charge in [0.15, 0.2) is 0 Å². The Labute approximate surface area is 97.7 Å². The summed E-state index contributed by atoms with van der Waals surface area (Å²) < 4.78 is 10.5. The lowest BCUT2D eigenvalue weighted by molar-refractivity contribution is -0.240. The average Bonchev–Trinajstić information content (AvgIpc) is 2.40. The predicted molar refractivity (Wildman–Crippen MR) is 57.1 cm³/mol. The molecule has 5 heteroatoms. The van der Waals surface area contributed by atoms with Crippen molar-refractivity contribution in [1.82, 2.24) is 0 Å². The highest BCUT2D eigenvalue weighted by Crippen LogP contribution is 2.26. The molecule has 86 valence electrons. The second-order valence-electron chi connectivity index (χ2n) is 3.74. The molecular formula is C11H11ClO4. The standard InChI is InChI=1S/C11H11ClO4/c1-11(10(13)14)15-5-7-2-3-9(12)4-8(7)6-16-11/h2-4H,5-6H2,1H3,(H,13,14). The van der Waals surface area contributed by atoms with Crippen LogP contribution in [0.5, 0.6) is 0 Å². The molecule has 1 aromatic carbocycles. The summed E-state index contributed by atoms with van der Waals surface area (Å²) in [4.78, 5) is 11.0. The van der Waals surface area contributed by atoms with Crippen LogP contribution in [0.3, 0.4) is 0 Å². The maximum absolute atomic E-state index is 11.0. The van der Waals surface area contributed by atoms with Crippen LogP contribution < -0.4 is 0 Å². The first kappa shape index (κ1) is 11.4. The second kappa shape index (κ2) is 4.05. The normalized spacial score (nSPS) is 24.6. The Morgan fingerprint density at radius 3 is 2.62 bits per heavy atom. The first-order valence-corrected chi connectivity index (χ1v) is 5.18. The Morgan fingerprint density at radius 1 is 1.38 bits per heavy atom. The fourth-order valence-electron chi connectivity index (χ4n) is 1.47. The minimum atomic E-state index is -1.59. The van der Waals surface area contributed by atoms with Crippen molar-refractivity contribution < 1.29 is 19.4 Å². The van der Waals surface area contributed by atoms with Gasteiger partial charge in [-0.2, -0.15) is 0 Å². The smallest absolute Gasteiger partial charge is 0.364 e. The van der Waals surface area contributed by atoms with E-state index in [1.165, 1.54) is 6.92 Å². The molecule has 0 fully saturated rings. The van der Waals surface area contributed by atoms with Crippen LogP contribution in [0.25, 0.3) is 0 Å². The number of hydrogen-bond acceptors (Lipinski definition) is 3. The Balaban J connectivity index is 2.28. The average molecular weight is 243 g/mol. The van der Waals surface area contributed by atoms with Gasteiger partial charge in [-0.3, -0.25) is 0 Å². The summed E-state index contributed by atoms with van der Waals surface area (Å²) in [6, 6.07) is 5.32. The van der Waals surface area contributed by atoms with E-state index in [0.717, 1.165) is 11.1 Å². The number of carbonyl (C=O) groups is 1. The van der Waals surface area contributed by atoms with Crippen LogP contribution in [0.15, 0.2) is 18.2 Å². The van der Waals surface area contributed by atoms with Gasteiger partial charge < -0.3 is 14.6 Å². The number of carboxylic acids is 1. The van der Waals surface area contributed by atoms with Crippen molar-refractivity contribution >= 4 is 17.6 Å². The number of ether oxygens (including phenoxy) is 2. The maximum atomic E-state index is 11.0. The first-order valence-electron chi connectivity index (χ1n) is 4.80. The van der Waals surface area contributed by atoms with Crippen LogP contribution in [0, 0.1) is 0 Å². The van der Waals surface area contributed by atoms with E-state index in [1.54, 1.807) is 12.1 Å². The molecule has 0 radical (unpaired) electrons. The van der Waals surface area contributed by atoms with Gasteiger partial charge in [0.25, 0.3) is 5.79 Å². The van der Waals surface area contributed by atoms with Crippen molar-refractivity contribution in [3.8, 4) is 0 Å². The van der Waals surface area contributed by atoms with Gasteiger partial charge in [-0.15, -0.1) is 0 Å². The van der Waals surface area contributed by atoms with E-state index in [9.17, 15) is 4.79 Å². The number of rotatable bonds is 1. The predicted octanol–water partition coefficient (Wildman–Crippen LogP) is 2.19. The highest BCUT2D eigenvalue weighted by atomic mass is 35.5. The van der Waals surface area contributed by atoms with E-state index in [4.69, 9.17) is 26.2 Å².